The maximum Gasteiger partial charge on any atom is 0.170 e. The van der Waals surface area contributed by atoms with Crippen LogP contribution in [-0.2, 0) is 0 Å². The molecule has 0 amide bonds. The van der Waals surface area contributed by atoms with E-state index in [0.29, 0.717) is 11.2 Å². The molecule has 1 atom stereocenters. The number of hydrogen-bond acceptors (Lipinski definition) is 1. The van der Waals surface area contributed by atoms with Crippen LogP contribution >= 0.6 is 12.2 Å². The molecular formula is C13H20N2S. The molecule has 0 unspecified atom stereocenters. The van der Waals surface area contributed by atoms with Crippen LogP contribution in [0.4, 0.5) is 5.69 Å². The van der Waals surface area contributed by atoms with E-state index in [4.69, 9.17) is 12.2 Å². The van der Waals surface area contributed by atoms with Gasteiger partial charge in [0.15, 0.2) is 5.11 Å². The summed E-state index contributed by atoms with van der Waals surface area (Å²) in [4.78, 5) is 0. The van der Waals surface area contributed by atoms with Crippen LogP contribution in [0, 0.1) is 13.8 Å². The lowest BCUT2D eigenvalue weighted by atomic mass is 10.1. The SMILES string of the molecule is CC[C@@H](C)NC(=S)Nc1cccc(C)c1C. The van der Waals surface area contributed by atoms with Gasteiger partial charge in [0.1, 0.15) is 0 Å². The van der Waals surface area contributed by atoms with Crippen molar-refractivity contribution >= 4 is 23.0 Å². The summed E-state index contributed by atoms with van der Waals surface area (Å²) in [6.45, 7) is 8.46. The van der Waals surface area contributed by atoms with Crippen molar-refractivity contribution in [3.05, 3.63) is 29.3 Å². The Bertz CT molecular complexity index is 374. The fourth-order valence-electron chi connectivity index (χ4n) is 1.37. The highest BCUT2D eigenvalue weighted by atomic mass is 32.1. The standard InChI is InChI=1S/C13H20N2S/c1-5-10(3)14-13(16)15-12-8-6-7-9(2)11(12)4/h6-8,10H,5H2,1-4H3,(H2,14,15,16)/t10-/m1/s1. The van der Waals surface area contributed by atoms with Crippen molar-refractivity contribution in [1.82, 2.24) is 5.32 Å². The van der Waals surface area contributed by atoms with Crippen molar-refractivity contribution in [2.24, 2.45) is 0 Å². The van der Waals surface area contributed by atoms with Crippen LogP contribution in [-0.4, -0.2) is 11.2 Å². The zero-order valence-electron chi connectivity index (χ0n) is 10.4. The maximum absolute atomic E-state index is 5.26. The summed E-state index contributed by atoms with van der Waals surface area (Å²) in [5.41, 5.74) is 3.60. The highest BCUT2D eigenvalue weighted by Crippen LogP contribution is 2.17. The van der Waals surface area contributed by atoms with Gasteiger partial charge in [0, 0.05) is 11.7 Å². The third-order valence-corrected chi connectivity index (χ3v) is 3.06. The van der Waals surface area contributed by atoms with Crippen molar-refractivity contribution in [2.75, 3.05) is 5.32 Å². The van der Waals surface area contributed by atoms with E-state index < -0.39 is 0 Å². The molecule has 0 aliphatic rings. The van der Waals surface area contributed by atoms with Gasteiger partial charge in [-0.2, -0.15) is 0 Å². The van der Waals surface area contributed by atoms with Crippen LogP contribution in [0.25, 0.3) is 0 Å². The average Bonchev–Trinajstić information content (AvgIpc) is 2.24. The Morgan fingerprint density at radius 2 is 2.06 bits per heavy atom. The Hall–Kier alpha value is -1.09. The molecule has 0 heterocycles. The summed E-state index contributed by atoms with van der Waals surface area (Å²) in [6, 6.07) is 6.60. The first kappa shape index (κ1) is 13.0. The molecule has 0 aliphatic heterocycles. The minimum absolute atomic E-state index is 0.408. The normalized spacial score (nSPS) is 12.0. The van der Waals surface area contributed by atoms with Gasteiger partial charge in [0.2, 0.25) is 0 Å². The summed E-state index contributed by atoms with van der Waals surface area (Å²) >= 11 is 5.26. The molecule has 16 heavy (non-hydrogen) atoms. The molecule has 2 nitrogen and oxygen atoms in total. The van der Waals surface area contributed by atoms with E-state index in [2.05, 4.69) is 44.4 Å². The summed E-state index contributed by atoms with van der Waals surface area (Å²) < 4.78 is 0. The van der Waals surface area contributed by atoms with Gasteiger partial charge >= 0.3 is 0 Å². The van der Waals surface area contributed by atoms with Gasteiger partial charge < -0.3 is 10.6 Å². The molecule has 88 valence electrons. The monoisotopic (exact) mass is 236 g/mol. The number of hydrogen-bond donors (Lipinski definition) is 2. The molecule has 3 heteroatoms. The molecule has 1 aromatic rings. The Labute approximate surface area is 103 Å². The summed E-state index contributed by atoms with van der Waals surface area (Å²) in [6.07, 6.45) is 1.06. The molecule has 0 bridgehead atoms. The van der Waals surface area contributed by atoms with Crippen LogP contribution < -0.4 is 10.6 Å². The third kappa shape index (κ3) is 3.49. The second-order valence-electron chi connectivity index (χ2n) is 4.16. The Morgan fingerprint density at radius 1 is 1.38 bits per heavy atom. The first-order chi connectivity index (χ1) is 7.54. The van der Waals surface area contributed by atoms with Crippen molar-refractivity contribution in [2.45, 2.75) is 40.2 Å². The van der Waals surface area contributed by atoms with E-state index >= 15 is 0 Å². The van der Waals surface area contributed by atoms with E-state index in [1.165, 1.54) is 11.1 Å². The Morgan fingerprint density at radius 3 is 2.69 bits per heavy atom. The molecule has 0 saturated carbocycles. The molecule has 0 aliphatic carbocycles. The van der Waals surface area contributed by atoms with Crippen LogP contribution in [0.3, 0.4) is 0 Å². The van der Waals surface area contributed by atoms with Crippen molar-refractivity contribution < 1.29 is 0 Å². The van der Waals surface area contributed by atoms with Gasteiger partial charge in [-0.15, -0.1) is 0 Å². The fraction of sp³-hybridized carbons (Fsp3) is 0.462. The van der Waals surface area contributed by atoms with E-state index in [0.717, 1.165) is 12.1 Å². The predicted octanol–water partition coefficient (Wildman–Crippen LogP) is 3.39. The summed E-state index contributed by atoms with van der Waals surface area (Å²) in [5.74, 6) is 0. The first-order valence-electron chi connectivity index (χ1n) is 5.68. The molecule has 2 N–H and O–H groups in total. The zero-order valence-corrected chi connectivity index (χ0v) is 11.2. The molecule has 0 saturated heterocycles. The lowest BCUT2D eigenvalue weighted by Crippen LogP contribution is -2.35. The summed E-state index contributed by atoms with van der Waals surface area (Å²) in [7, 11) is 0. The van der Waals surface area contributed by atoms with E-state index in [1.54, 1.807) is 0 Å². The van der Waals surface area contributed by atoms with Crippen LogP contribution in [0.2, 0.25) is 0 Å². The lowest BCUT2D eigenvalue weighted by Gasteiger charge is -2.17. The summed E-state index contributed by atoms with van der Waals surface area (Å²) in [5, 5.41) is 7.18. The van der Waals surface area contributed by atoms with Gasteiger partial charge in [-0.05, 0) is 56.6 Å². The number of nitrogens with one attached hydrogen (secondary N) is 2. The van der Waals surface area contributed by atoms with E-state index in [9.17, 15) is 0 Å². The van der Waals surface area contributed by atoms with Crippen LogP contribution in [0.15, 0.2) is 18.2 Å². The largest absolute Gasteiger partial charge is 0.360 e. The number of anilines is 1. The molecule has 0 radical (unpaired) electrons. The molecular weight excluding hydrogens is 216 g/mol. The smallest absolute Gasteiger partial charge is 0.170 e. The Kier molecular flexibility index (Phi) is 4.74. The maximum atomic E-state index is 5.26. The third-order valence-electron chi connectivity index (χ3n) is 2.84. The number of benzene rings is 1. The zero-order chi connectivity index (χ0) is 12.1. The van der Waals surface area contributed by atoms with E-state index in [1.807, 2.05) is 12.1 Å². The minimum Gasteiger partial charge on any atom is -0.360 e. The van der Waals surface area contributed by atoms with Crippen LogP contribution in [0.5, 0.6) is 0 Å². The van der Waals surface area contributed by atoms with Crippen molar-refractivity contribution in [3.63, 3.8) is 0 Å². The van der Waals surface area contributed by atoms with E-state index in [-0.39, 0.29) is 0 Å². The van der Waals surface area contributed by atoms with Gasteiger partial charge in [-0.25, -0.2) is 0 Å². The van der Waals surface area contributed by atoms with Crippen LogP contribution in [0.1, 0.15) is 31.4 Å². The number of rotatable bonds is 3. The molecule has 1 aromatic carbocycles. The number of thiocarbonyl (C=S) groups is 1. The second-order valence-corrected chi connectivity index (χ2v) is 4.56. The van der Waals surface area contributed by atoms with Gasteiger partial charge in [-0.3, -0.25) is 0 Å². The van der Waals surface area contributed by atoms with Crippen molar-refractivity contribution in [1.29, 1.82) is 0 Å². The lowest BCUT2D eigenvalue weighted by molar-refractivity contribution is 0.646. The average molecular weight is 236 g/mol. The molecule has 0 aromatic heterocycles. The quantitative estimate of drug-likeness (QED) is 0.787. The van der Waals surface area contributed by atoms with Gasteiger partial charge in [0.05, 0.1) is 0 Å². The minimum atomic E-state index is 0.408. The highest BCUT2D eigenvalue weighted by molar-refractivity contribution is 7.80. The Balaban J connectivity index is 2.66. The molecule has 0 spiro atoms. The predicted molar refractivity (Wildman–Crippen MR) is 75.0 cm³/mol. The van der Waals surface area contributed by atoms with Gasteiger partial charge in [0.25, 0.3) is 0 Å². The molecule has 1 rings (SSSR count). The topological polar surface area (TPSA) is 24.1 Å². The first-order valence-corrected chi connectivity index (χ1v) is 6.09. The highest BCUT2D eigenvalue weighted by Gasteiger charge is 2.04. The number of aryl methyl sites for hydroxylation is 1. The molecule has 0 fully saturated rings. The van der Waals surface area contributed by atoms with Gasteiger partial charge in [-0.1, -0.05) is 19.1 Å². The fourth-order valence-corrected chi connectivity index (χ4v) is 1.68. The van der Waals surface area contributed by atoms with Crippen molar-refractivity contribution in [3.8, 4) is 0 Å². The second kappa shape index (κ2) is 5.85.